The fourth-order valence-corrected chi connectivity index (χ4v) is 1.00. The molecule has 0 bridgehead atoms. The predicted molar refractivity (Wildman–Crippen MR) is 45.7 cm³/mol. The third-order valence-corrected chi connectivity index (χ3v) is 1.61. The van der Waals surface area contributed by atoms with Crippen molar-refractivity contribution in [2.45, 2.75) is 38.7 Å². The van der Waals surface area contributed by atoms with Crippen LogP contribution in [-0.4, -0.2) is 23.9 Å². The summed E-state index contributed by atoms with van der Waals surface area (Å²) in [5.41, 5.74) is 4.85. The van der Waals surface area contributed by atoms with Crippen LogP contribution in [0.5, 0.6) is 0 Å². The van der Waals surface area contributed by atoms with Gasteiger partial charge in [-0.2, -0.15) is 0 Å². The Balaban J connectivity index is 3.61. The van der Waals surface area contributed by atoms with E-state index in [1.165, 1.54) is 0 Å². The summed E-state index contributed by atoms with van der Waals surface area (Å²) in [5, 5.41) is 8.62. The summed E-state index contributed by atoms with van der Waals surface area (Å²) in [4.78, 5) is 10.4. The van der Waals surface area contributed by atoms with Crippen LogP contribution in [0.25, 0.3) is 0 Å². The lowest BCUT2D eigenvalue weighted by Gasteiger charge is -2.14. The molecular weight excluding hydrogens is 158 g/mol. The number of hydrogen-bond acceptors (Lipinski definition) is 3. The number of aliphatic hydroxyl groups excluding tert-OH is 1. The van der Waals surface area contributed by atoms with Crippen molar-refractivity contribution in [3.05, 3.63) is 0 Å². The SMILES string of the molecule is CCCCC(CCO)OC(N)=O. The number of carbonyl (C=O) groups is 1. The third kappa shape index (κ3) is 5.97. The zero-order chi connectivity index (χ0) is 9.40. The minimum Gasteiger partial charge on any atom is -0.446 e. The molecule has 0 radical (unpaired) electrons. The maximum Gasteiger partial charge on any atom is 0.404 e. The smallest absolute Gasteiger partial charge is 0.404 e. The fraction of sp³-hybridized carbons (Fsp3) is 0.875. The number of aliphatic hydroxyl groups is 1. The third-order valence-electron chi connectivity index (χ3n) is 1.61. The van der Waals surface area contributed by atoms with Gasteiger partial charge in [0.15, 0.2) is 0 Å². The number of rotatable bonds is 6. The molecule has 0 aliphatic heterocycles. The summed E-state index contributed by atoms with van der Waals surface area (Å²) in [5.74, 6) is 0. The lowest BCUT2D eigenvalue weighted by Crippen LogP contribution is -2.23. The second kappa shape index (κ2) is 6.91. The van der Waals surface area contributed by atoms with Crippen LogP contribution < -0.4 is 5.73 Å². The quantitative estimate of drug-likeness (QED) is 0.633. The Morgan fingerprint density at radius 2 is 2.25 bits per heavy atom. The highest BCUT2D eigenvalue weighted by molar-refractivity contribution is 5.64. The average molecular weight is 175 g/mol. The van der Waals surface area contributed by atoms with Gasteiger partial charge >= 0.3 is 6.09 Å². The lowest BCUT2D eigenvalue weighted by atomic mass is 10.1. The van der Waals surface area contributed by atoms with Crippen LogP contribution in [0.3, 0.4) is 0 Å². The molecule has 0 aromatic carbocycles. The zero-order valence-corrected chi connectivity index (χ0v) is 7.45. The normalized spacial score (nSPS) is 12.5. The first kappa shape index (κ1) is 11.2. The number of nitrogens with two attached hydrogens (primary N) is 1. The first-order chi connectivity index (χ1) is 5.70. The van der Waals surface area contributed by atoms with Crippen molar-refractivity contribution in [2.75, 3.05) is 6.61 Å². The molecule has 0 aliphatic carbocycles. The molecule has 1 unspecified atom stereocenters. The molecule has 0 heterocycles. The fourth-order valence-electron chi connectivity index (χ4n) is 1.00. The molecule has 0 saturated carbocycles. The van der Waals surface area contributed by atoms with E-state index in [2.05, 4.69) is 6.92 Å². The lowest BCUT2D eigenvalue weighted by molar-refractivity contribution is 0.0813. The van der Waals surface area contributed by atoms with E-state index in [1.54, 1.807) is 0 Å². The van der Waals surface area contributed by atoms with Gasteiger partial charge in [0.25, 0.3) is 0 Å². The number of primary amides is 1. The highest BCUT2D eigenvalue weighted by Gasteiger charge is 2.10. The van der Waals surface area contributed by atoms with Gasteiger partial charge in [0.05, 0.1) is 0 Å². The predicted octanol–water partition coefficient (Wildman–Crippen LogP) is 1.02. The largest absolute Gasteiger partial charge is 0.446 e. The summed E-state index contributed by atoms with van der Waals surface area (Å²) < 4.78 is 4.77. The number of amides is 1. The average Bonchev–Trinajstić information content (AvgIpc) is 2.00. The van der Waals surface area contributed by atoms with Crippen LogP contribution in [0, 0.1) is 0 Å². The molecule has 3 N–H and O–H groups in total. The Bertz CT molecular complexity index is 127. The Morgan fingerprint density at radius 3 is 2.67 bits per heavy atom. The molecule has 0 fully saturated rings. The minimum atomic E-state index is -0.760. The van der Waals surface area contributed by atoms with Crippen LogP contribution in [-0.2, 0) is 4.74 Å². The summed E-state index contributed by atoms with van der Waals surface area (Å²) in [7, 11) is 0. The monoisotopic (exact) mass is 175 g/mol. The van der Waals surface area contributed by atoms with Gasteiger partial charge in [-0.05, 0) is 6.42 Å². The van der Waals surface area contributed by atoms with Crippen molar-refractivity contribution in [1.82, 2.24) is 0 Å². The van der Waals surface area contributed by atoms with Crippen molar-refractivity contribution in [1.29, 1.82) is 0 Å². The molecule has 12 heavy (non-hydrogen) atoms. The van der Waals surface area contributed by atoms with Gasteiger partial charge in [0, 0.05) is 13.0 Å². The van der Waals surface area contributed by atoms with Crippen molar-refractivity contribution >= 4 is 6.09 Å². The molecule has 0 aromatic rings. The molecule has 0 spiro atoms. The maximum atomic E-state index is 10.4. The van der Waals surface area contributed by atoms with Crippen molar-refractivity contribution < 1.29 is 14.6 Å². The Hall–Kier alpha value is -0.770. The molecule has 0 rings (SSSR count). The molecule has 0 aromatic heterocycles. The number of unbranched alkanes of at least 4 members (excludes halogenated alkanes) is 1. The van der Waals surface area contributed by atoms with Crippen molar-refractivity contribution in [2.24, 2.45) is 5.73 Å². The van der Waals surface area contributed by atoms with Crippen molar-refractivity contribution in [3.63, 3.8) is 0 Å². The topological polar surface area (TPSA) is 72.6 Å². The van der Waals surface area contributed by atoms with Crippen LogP contribution >= 0.6 is 0 Å². The van der Waals surface area contributed by atoms with Crippen LogP contribution in [0.4, 0.5) is 4.79 Å². The van der Waals surface area contributed by atoms with E-state index in [9.17, 15) is 4.79 Å². The highest BCUT2D eigenvalue weighted by Crippen LogP contribution is 2.08. The first-order valence-corrected chi connectivity index (χ1v) is 4.27. The molecule has 0 aliphatic rings. The van der Waals surface area contributed by atoms with Gasteiger partial charge in [-0.3, -0.25) is 0 Å². The van der Waals surface area contributed by atoms with E-state index in [4.69, 9.17) is 15.6 Å². The van der Waals surface area contributed by atoms with Crippen LogP contribution in [0.15, 0.2) is 0 Å². The zero-order valence-electron chi connectivity index (χ0n) is 7.45. The van der Waals surface area contributed by atoms with E-state index >= 15 is 0 Å². The molecule has 1 amide bonds. The van der Waals surface area contributed by atoms with E-state index in [-0.39, 0.29) is 12.7 Å². The minimum absolute atomic E-state index is 0.0294. The Kier molecular flexibility index (Phi) is 6.47. The molecule has 4 heteroatoms. The van der Waals surface area contributed by atoms with Crippen LogP contribution in [0.1, 0.15) is 32.6 Å². The summed E-state index contributed by atoms with van der Waals surface area (Å²) >= 11 is 0. The van der Waals surface area contributed by atoms with Gasteiger partial charge in [0.1, 0.15) is 6.10 Å². The van der Waals surface area contributed by atoms with E-state index < -0.39 is 6.09 Å². The van der Waals surface area contributed by atoms with Gasteiger partial charge in [0.2, 0.25) is 0 Å². The first-order valence-electron chi connectivity index (χ1n) is 4.27. The van der Waals surface area contributed by atoms with E-state index in [0.717, 1.165) is 19.3 Å². The van der Waals surface area contributed by atoms with E-state index in [0.29, 0.717) is 6.42 Å². The number of hydrogen-bond donors (Lipinski definition) is 2. The highest BCUT2D eigenvalue weighted by atomic mass is 16.6. The summed E-state index contributed by atoms with van der Waals surface area (Å²) in [6.07, 6.45) is 2.31. The Labute approximate surface area is 72.7 Å². The molecule has 0 saturated heterocycles. The van der Waals surface area contributed by atoms with Gasteiger partial charge < -0.3 is 15.6 Å². The Morgan fingerprint density at radius 1 is 1.58 bits per heavy atom. The second-order valence-electron chi connectivity index (χ2n) is 2.71. The number of ether oxygens (including phenoxy) is 1. The molecule has 4 nitrogen and oxygen atoms in total. The van der Waals surface area contributed by atoms with Gasteiger partial charge in [-0.1, -0.05) is 19.8 Å². The second-order valence-corrected chi connectivity index (χ2v) is 2.71. The molecule has 72 valence electrons. The number of carbonyl (C=O) groups excluding carboxylic acids is 1. The molecule has 1 atom stereocenters. The van der Waals surface area contributed by atoms with Crippen LogP contribution in [0.2, 0.25) is 0 Å². The van der Waals surface area contributed by atoms with Gasteiger partial charge in [-0.15, -0.1) is 0 Å². The summed E-state index contributed by atoms with van der Waals surface area (Å²) in [6, 6.07) is 0. The molecular formula is C8H17NO3. The summed E-state index contributed by atoms with van der Waals surface area (Å²) in [6.45, 7) is 2.09. The maximum absolute atomic E-state index is 10.4. The standard InChI is InChI=1S/C8H17NO3/c1-2-3-4-7(5-6-10)12-8(9)11/h7,10H,2-6H2,1H3,(H2,9,11). The van der Waals surface area contributed by atoms with Gasteiger partial charge in [-0.25, -0.2) is 4.79 Å². The van der Waals surface area contributed by atoms with E-state index in [1.807, 2.05) is 0 Å². The van der Waals surface area contributed by atoms with Crippen molar-refractivity contribution in [3.8, 4) is 0 Å².